The lowest BCUT2D eigenvalue weighted by Crippen LogP contribution is -2.44. The van der Waals surface area contributed by atoms with Gasteiger partial charge in [0.05, 0.1) is 0 Å². The Kier molecular flexibility index (Phi) is 6.48. The van der Waals surface area contributed by atoms with Gasteiger partial charge in [-0.2, -0.15) is 0 Å². The van der Waals surface area contributed by atoms with E-state index in [1.54, 1.807) is 0 Å². The van der Waals surface area contributed by atoms with Gasteiger partial charge in [-0.25, -0.2) is 4.79 Å². The van der Waals surface area contributed by atoms with Crippen LogP contribution < -0.4 is 11.3 Å². The van der Waals surface area contributed by atoms with E-state index in [-0.39, 0.29) is 12.1 Å². The third-order valence-electron chi connectivity index (χ3n) is 4.75. The van der Waals surface area contributed by atoms with E-state index in [1.165, 1.54) is 31.3 Å². The van der Waals surface area contributed by atoms with Gasteiger partial charge in [-0.15, -0.1) is 0 Å². The highest BCUT2D eigenvalue weighted by atomic mass is 16.6. The first-order chi connectivity index (χ1) is 10.9. The molecule has 5 nitrogen and oxygen atoms in total. The van der Waals surface area contributed by atoms with Crippen LogP contribution in [0.15, 0.2) is 11.6 Å². The van der Waals surface area contributed by atoms with E-state index >= 15 is 0 Å². The molecule has 1 aliphatic carbocycles. The van der Waals surface area contributed by atoms with Gasteiger partial charge in [-0.05, 0) is 58.8 Å². The quantitative estimate of drug-likeness (QED) is 0.475. The van der Waals surface area contributed by atoms with Crippen LogP contribution in [0, 0.1) is 5.92 Å². The zero-order valence-electron chi connectivity index (χ0n) is 14.9. The van der Waals surface area contributed by atoms with Gasteiger partial charge in [-0.1, -0.05) is 24.5 Å². The molecule has 1 amide bonds. The second-order valence-corrected chi connectivity index (χ2v) is 7.85. The molecule has 2 atom stereocenters. The summed E-state index contributed by atoms with van der Waals surface area (Å²) in [5.41, 5.74) is 4.01. The minimum atomic E-state index is -0.442. The van der Waals surface area contributed by atoms with Crippen molar-refractivity contribution in [3.8, 4) is 0 Å². The Morgan fingerprint density at radius 3 is 2.78 bits per heavy atom. The Labute approximate surface area is 140 Å². The Morgan fingerprint density at radius 2 is 2.09 bits per heavy atom. The summed E-state index contributed by atoms with van der Waals surface area (Å²) in [5, 5.41) is 0. The summed E-state index contributed by atoms with van der Waals surface area (Å²) in [6.07, 6.45) is 10.6. The molecule has 0 bridgehead atoms. The molecule has 0 radical (unpaired) electrons. The zero-order valence-corrected chi connectivity index (χ0v) is 14.9. The number of amides is 1. The number of nitrogens with zero attached hydrogens (tertiary/aromatic N) is 1. The molecule has 1 aliphatic heterocycles. The summed E-state index contributed by atoms with van der Waals surface area (Å²) in [6, 6.07) is 0.181. The highest BCUT2D eigenvalue weighted by molar-refractivity contribution is 5.68. The standard InChI is InChI=1S/C18H33N3O2/c1-18(2,3)23-17(22)21-12-11-15(13-21)16(20-19)14-9-7-5-4-6-8-10-14/h9,15-16,20H,4-8,10-13,19H2,1-3H3. The molecule has 5 heteroatoms. The third-order valence-corrected chi connectivity index (χ3v) is 4.75. The lowest BCUT2D eigenvalue weighted by molar-refractivity contribution is 0.0286. The fraction of sp³-hybridized carbons (Fsp3) is 0.833. The molecular formula is C18H33N3O2. The number of carbonyl (C=O) groups is 1. The van der Waals surface area contributed by atoms with Gasteiger partial charge in [0.2, 0.25) is 0 Å². The molecule has 132 valence electrons. The van der Waals surface area contributed by atoms with E-state index in [2.05, 4.69) is 11.5 Å². The smallest absolute Gasteiger partial charge is 0.410 e. The molecule has 0 spiro atoms. The maximum Gasteiger partial charge on any atom is 0.410 e. The van der Waals surface area contributed by atoms with Crippen molar-refractivity contribution in [1.29, 1.82) is 0 Å². The van der Waals surface area contributed by atoms with Crippen molar-refractivity contribution < 1.29 is 9.53 Å². The van der Waals surface area contributed by atoms with Gasteiger partial charge >= 0.3 is 6.09 Å². The molecular weight excluding hydrogens is 290 g/mol. The highest BCUT2D eigenvalue weighted by Gasteiger charge is 2.34. The van der Waals surface area contributed by atoms with Crippen LogP contribution in [0.3, 0.4) is 0 Å². The van der Waals surface area contributed by atoms with Crippen molar-refractivity contribution in [1.82, 2.24) is 10.3 Å². The van der Waals surface area contributed by atoms with Crippen molar-refractivity contribution in [2.75, 3.05) is 13.1 Å². The molecule has 2 rings (SSSR count). The summed E-state index contributed by atoms with van der Waals surface area (Å²) < 4.78 is 5.49. The van der Waals surface area contributed by atoms with Crippen LogP contribution in [0.25, 0.3) is 0 Å². The molecule has 0 aromatic heterocycles. The second kappa shape index (κ2) is 8.15. The van der Waals surface area contributed by atoms with E-state index in [0.717, 1.165) is 32.4 Å². The van der Waals surface area contributed by atoms with Gasteiger partial charge in [-0.3, -0.25) is 11.3 Å². The molecule has 0 aromatic rings. The summed E-state index contributed by atoms with van der Waals surface area (Å²) in [7, 11) is 0. The number of hydrazine groups is 1. The first kappa shape index (κ1) is 18.3. The SMILES string of the molecule is CC(C)(C)OC(=O)N1CCC(C(NN)C2=CCCCCCC2)C1. The largest absolute Gasteiger partial charge is 0.444 e. The number of nitrogens with two attached hydrogens (primary N) is 1. The lowest BCUT2D eigenvalue weighted by Gasteiger charge is -2.28. The van der Waals surface area contributed by atoms with Crippen LogP contribution in [0.1, 0.15) is 65.7 Å². The van der Waals surface area contributed by atoms with Crippen LogP contribution in [-0.2, 0) is 4.74 Å². The van der Waals surface area contributed by atoms with Crippen LogP contribution in [0.5, 0.6) is 0 Å². The summed E-state index contributed by atoms with van der Waals surface area (Å²) in [6.45, 7) is 7.19. The maximum atomic E-state index is 12.2. The van der Waals surface area contributed by atoms with E-state index < -0.39 is 5.60 Å². The molecule has 1 heterocycles. The number of hydrogen-bond acceptors (Lipinski definition) is 4. The molecule has 1 fully saturated rings. The topological polar surface area (TPSA) is 67.6 Å². The third kappa shape index (κ3) is 5.50. The zero-order chi connectivity index (χ0) is 16.9. The van der Waals surface area contributed by atoms with Crippen molar-refractivity contribution in [3.05, 3.63) is 11.6 Å². The first-order valence-corrected chi connectivity index (χ1v) is 9.03. The summed E-state index contributed by atoms with van der Waals surface area (Å²) in [4.78, 5) is 14.1. The Bertz CT molecular complexity index is 428. The average Bonchev–Trinajstić information content (AvgIpc) is 2.89. The van der Waals surface area contributed by atoms with Crippen molar-refractivity contribution in [3.63, 3.8) is 0 Å². The van der Waals surface area contributed by atoms with Gasteiger partial charge in [0.15, 0.2) is 0 Å². The minimum absolute atomic E-state index is 0.181. The number of allylic oxidation sites excluding steroid dienone is 1. The Morgan fingerprint density at radius 1 is 1.35 bits per heavy atom. The highest BCUT2D eigenvalue weighted by Crippen LogP contribution is 2.29. The molecule has 2 aliphatic rings. The fourth-order valence-corrected chi connectivity index (χ4v) is 3.60. The number of rotatable bonds is 3. The number of nitrogens with one attached hydrogen (secondary N) is 1. The van der Waals surface area contributed by atoms with Crippen molar-refractivity contribution in [2.24, 2.45) is 11.8 Å². The van der Waals surface area contributed by atoms with E-state index in [0.29, 0.717) is 5.92 Å². The second-order valence-electron chi connectivity index (χ2n) is 7.85. The number of likely N-dealkylation sites (tertiary alicyclic amines) is 1. The predicted octanol–water partition coefficient (Wildman–Crippen LogP) is 3.36. The van der Waals surface area contributed by atoms with Crippen LogP contribution >= 0.6 is 0 Å². The summed E-state index contributed by atoms with van der Waals surface area (Å²) in [5.74, 6) is 6.24. The van der Waals surface area contributed by atoms with E-state index in [1.807, 2.05) is 25.7 Å². The van der Waals surface area contributed by atoms with Gasteiger partial charge in [0, 0.05) is 19.1 Å². The minimum Gasteiger partial charge on any atom is -0.444 e. The number of hydrogen-bond donors (Lipinski definition) is 2. The normalized spacial score (nSPS) is 24.6. The average molecular weight is 323 g/mol. The van der Waals surface area contributed by atoms with Crippen LogP contribution in [0.2, 0.25) is 0 Å². The molecule has 2 unspecified atom stereocenters. The molecule has 0 aromatic carbocycles. The molecule has 3 N–H and O–H groups in total. The molecule has 23 heavy (non-hydrogen) atoms. The molecule has 1 saturated heterocycles. The van der Waals surface area contributed by atoms with E-state index in [4.69, 9.17) is 10.6 Å². The lowest BCUT2D eigenvalue weighted by atomic mass is 9.87. The van der Waals surface area contributed by atoms with Crippen LogP contribution in [0.4, 0.5) is 4.79 Å². The Balaban J connectivity index is 1.96. The number of ether oxygens (including phenoxy) is 1. The monoisotopic (exact) mass is 323 g/mol. The fourth-order valence-electron chi connectivity index (χ4n) is 3.60. The van der Waals surface area contributed by atoms with Crippen molar-refractivity contribution >= 4 is 6.09 Å². The van der Waals surface area contributed by atoms with Gasteiger partial charge in [0.1, 0.15) is 5.60 Å². The molecule has 0 saturated carbocycles. The van der Waals surface area contributed by atoms with Gasteiger partial charge < -0.3 is 9.64 Å². The Hall–Kier alpha value is -1.07. The number of carbonyl (C=O) groups excluding carboxylic acids is 1. The summed E-state index contributed by atoms with van der Waals surface area (Å²) >= 11 is 0. The van der Waals surface area contributed by atoms with E-state index in [9.17, 15) is 4.79 Å². The van der Waals surface area contributed by atoms with Crippen LogP contribution in [-0.4, -0.2) is 35.7 Å². The predicted molar refractivity (Wildman–Crippen MR) is 92.8 cm³/mol. The maximum absolute atomic E-state index is 12.2. The van der Waals surface area contributed by atoms with Gasteiger partial charge in [0.25, 0.3) is 0 Å². The first-order valence-electron chi connectivity index (χ1n) is 9.03. The van der Waals surface area contributed by atoms with Crippen molar-refractivity contribution in [2.45, 2.75) is 77.4 Å².